The van der Waals surface area contributed by atoms with Crippen LogP contribution in [-0.4, -0.2) is 11.6 Å². The molecule has 1 saturated carbocycles. The summed E-state index contributed by atoms with van der Waals surface area (Å²) in [6.45, 7) is 3.70. The Balaban J connectivity index is 2.42. The molecule has 2 rings (SSSR count). The van der Waals surface area contributed by atoms with E-state index >= 15 is 0 Å². The fourth-order valence-corrected chi connectivity index (χ4v) is 2.61. The Morgan fingerprint density at radius 3 is 2.86 bits per heavy atom. The van der Waals surface area contributed by atoms with Gasteiger partial charge in [0.1, 0.15) is 5.78 Å². The molecule has 0 N–H and O–H groups in total. The van der Waals surface area contributed by atoms with Gasteiger partial charge in [-0.1, -0.05) is 11.6 Å². The van der Waals surface area contributed by atoms with E-state index in [9.17, 15) is 9.59 Å². The lowest BCUT2D eigenvalue weighted by Crippen LogP contribution is -2.30. The fraction of sp³-hybridized carbons (Fsp3) is 0.500. The largest absolute Gasteiger partial charge is 0.299 e. The summed E-state index contributed by atoms with van der Waals surface area (Å²) in [5.41, 5.74) is 0.717. The van der Waals surface area contributed by atoms with Gasteiger partial charge < -0.3 is 0 Å². The maximum absolute atomic E-state index is 11.8. The van der Waals surface area contributed by atoms with E-state index in [-0.39, 0.29) is 11.2 Å². The molecule has 1 fully saturated rings. The third-order valence-electron chi connectivity index (χ3n) is 3.40. The summed E-state index contributed by atoms with van der Waals surface area (Å²) in [6.07, 6.45) is 6.78. The van der Waals surface area contributed by atoms with E-state index in [4.69, 9.17) is 0 Å². The Hall–Kier alpha value is -1.18. The maximum atomic E-state index is 11.8. The molecule has 74 valence electrons. The third-order valence-corrected chi connectivity index (χ3v) is 3.40. The Kier molecular flexibility index (Phi) is 2.14. The summed E-state index contributed by atoms with van der Waals surface area (Å²) in [7, 11) is 0. The molecule has 1 atom stereocenters. The third kappa shape index (κ3) is 1.17. The van der Waals surface area contributed by atoms with E-state index in [0.29, 0.717) is 31.5 Å². The molecular formula is C12H14O2. The highest BCUT2D eigenvalue weighted by molar-refractivity contribution is 5.99. The summed E-state index contributed by atoms with van der Waals surface area (Å²) >= 11 is 0. The smallest absolute Gasteiger partial charge is 0.155 e. The number of carbonyl (C=O) groups is 2. The van der Waals surface area contributed by atoms with Crippen LogP contribution in [0.3, 0.4) is 0 Å². The van der Waals surface area contributed by atoms with Crippen LogP contribution in [0.2, 0.25) is 0 Å². The molecule has 0 spiro atoms. The van der Waals surface area contributed by atoms with Crippen molar-refractivity contribution in [2.24, 2.45) is 5.41 Å². The van der Waals surface area contributed by atoms with Crippen LogP contribution in [0.4, 0.5) is 0 Å². The summed E-state index contributed by atoms with van der Waals surface area (Å²) in [4.78, 5) is 23.1. The van der Waals surface area contributed by atoms with E-state index in [1.165, 1.54) is 0 Å². The molecule has 2 aliphatic rings. The topological polar surface area (TPSA) is 34.1 Å². The Morgan fingerprint density at radius 2 is 2.14 bits per heavy atom. The number of allylic oxidation sites excluding steroid dienone is 3. The summed E-state index contributed by atoms with van der Waals surface area (Å²) in [5, 5.41) is 0. The van der Waals surface area contributed by atoms with Crippen molar-refractivity contribution in [1.82, 2.24) is 0 Å². The number of carbonyl (C=O) groups excluding carboxylic acids is 2. The summed E-state index contributed by atoms with van der Waals surface area (Å²) < 4.78 is 0. The van der Waals surface area contributed by atoms with Gasteiger partial charge in [0.15, 0.2) is 5.78 Å². The molecule has 0 unspecified atom stereocenters. The van der Waals surface area contributed by atoms with Gasteiger partial charge >= 0.3 is 0 Å². The summed E-state index contributed by atoms with van der Waals surface area (Å²) in [6, 6.07) is 0. The van der Waals surface area contributed by atoms with Crippen molar-refractivity contribution in [2.75, 3.05) is 0 Å². The lowest BCUT2D eigenvalue weighted by molar-refractivity contribution is -0.125. The first-order valence-electron chi connectivity index (χ1n) is 5.07. The molecular weight excluding hydrogens is 176 g/mol. The number of hydrogen-bond acceptors (Lipinski definition) is 2. The molecule has 0 aromatic carbocycles. The van der Waals surface area contributed by atoms with Crippen LogP contribution < -0.4 is 0 Å². The SMILES string of the molecule is C=CC[C@]12CCC(=O)C=C1CCC2=O. The molecule has 0 amide bonds. The Bertz CT molecular complexity index is 338. The van der Waals surface area contributed by atoms with Gasteiger partial charge in [-0.15, -0.1) is 6.58 Å². The van der Waals surface area contributed by atoms with Crippen molar-refractivity contribution < 1.29 is 9.59 Å². The van der Waals surface area contributed by atoms with Crippen LogP contribution in [0.1, 0.15) is 32.1 Å². The molecule has 0 aromatic rings. The number of fused-ring (bicyclic) bond motifs is 1. The molecule has 2 heteroatoms. The zero-order valence-electron chi connectivity index (χ0n) is 8.21. The monoisotopic (exact) mass is 190 g/mol. The highest BCUT2D eigenvalue weighted by atomic mass is 16.1. The molecule has 0 aliphatic heterocycles. The lowest BCUT2D eigenvalue weighted by Gasteiger charge is -2.30. The van der Waals surface area contributed by atoms with Crippen molar-refractivity contribution in [3.05, 3.63) is 24.3 Å². The van der Waals surface area contributed by atoms with Gasteiger partial charge in [-0.05, 0) is 25.3 Å². The van der Waals surface area contributed by atoms with Crippen molar-refractivity contribution in [2.45, 2.75) is 32.1 Å². The van der Waals surface area contributed by atoms with Crippen molar-refractivity contribution >= 4 is 11.6 Å². The van der Waals surface area contributed by atoms with Crippen LogP contribution in [0.5, 0.6) is 0 Å². The first-order valence-corrected chi connectivity index (χ1v) is 5.07. The second-order valence-corrected chi connectivity index (χ2v) is 4.13. The molecule has 2 aliphatic carbocycles. The van der Waals surface area contributed by atoms with Gasteiger partial charge in [-0.3, -0.25) is 9.59 Å². The van der Waals surface area contributed by atoms with Gasteiger partial charge in [-0.2, -0.15) is 0 Å². The minimum atomic E-state index is -0.338. The van der Waals surface area contributed by atoms with E-state index in [2.05, 4.69) is 6.58 Å². The Labute approximate surface area is 83.7 Å². The molecule has 0 saturated heterocycles. The number of rotatable bonds is 2. The van der Waals surface area contributed by atoms with E-state index in [0.717, 1.165) is 12.0 Å². The van der Waals surface area contributed by atoms with Crippen LogP contribution in [0.25, 0.3) is 0 Å². The van der Waals surface area contributed by atoms with E-state index in [1.54, 1.807) is 12.2 Å². The zero-order valence-corrected chi connectivity index (χ0v) is 8.21. The minimum Gasteiger partial charge on any atom is -0.299 e. The highest BCUT2D eigenvalue weighted by Crippen LogP contribution is 2.48. The predicted molar refractivity (Wildman–Crippen MR) is 53.8 cm³/mol. The van der Waals surface area contributed by atoms with Crippen LogP contribution in [0, 0.1) is 5.41 Å². The number of hydrogen-bond donors (Lipinski definition) is 0. The van der Waals surface area contributed by atoms with Gasteiger partial charge in [-0.25, -0.2) is 0 Å². The van der Waals surface area contributed by atoms with Gasteiger partial charge in [0.2, 0.25) is 0 Å². The van der Waals surface area contributed by atoms with Crippen molar-refractivity contribution in [3.8, 4) is 0 Å². The predicted octanol–water partition coefficient (Wildman–Crippen LogP) is 2.20. The highest BCUT2D eigenvalue weighted by Gasteiger charge is 2.46. The van der Waals surface area contributed by atoms with Gasteiger partial charge in [0, 0.05) is 12.8 Å². The van der Waals surface area contributed by atoms with E-state index < -0.39 is 0 Å². The van der Waals surface area contributed by atoms with Crippen molar-refractivity contribution in [3.63, 3.8) is 0 Å². The van der Waals surface area contributed by atoms with Crippen LogP contribution in [-0.2, 0) is 9.59 Å². The summed E-state index contributed by atoms with van der Waals surface area (Å²) in [5.74, 6) is 0.477. The lowest BCUT2D eigenvalue weighted by atomic mass is 9.71. The van der Waals surface area contributed by atoms with Crippen LogP contribution >= 0.6 is 0 Å². The van der Waals surface area contributed by atoms with Gasteiger partial charge in [0.05, 0.1) is 5.41 Å². The van der Waals surface area contributed by atoms with Gasteiger partial charge in [0.25, 0.3) is 0 Å². The normalized spacial score (nSPS) is 31.3. The zero-order chi connectivity index (χ0) is 10.2. The average molecular weight is 190 g/mol. The second kappa shape index (κ2) is 3.19. The van der Waals surface area contributed by atoms with E-state index in [1.807, 2.05) is 0 Å². The first-order chi connectivity index (χ1) is 6.69. The average Bonchev–Trinajstić information content (AvgIpc) is 2.46. The minimum absolute atomic E-state index is 0.175. The molecule has 0 aromatic heterocycles. The standard InChI is InChI=1S/C12H14O2/c1-2-6-12-7-5-10(13)8-9(12)3-4-11(12)14/h2,8H,1,3-7H2/t12-/m0/s1. The maximum Gasteiger partial charge on any atom is 0.155 e. The Morgan fingerprint density at radius 1 is 1.36 bits per heavy atom. The number of ketones is 2. The van der Waals surface area contributed by atoms with Crippen LogP contribution in [0.15, 0.2) is 24.3 Å². The molecule has 14 heavy (non-hydrogen) atoms. The quantitative estimate of drug-likeness (QED) is 0.625. The number of Topliss-reactive ketones (excluding diaryl/α,β-unsaturated/α-hetero) is 1. The fourth-order valence-electron chi connectivity index (χ4n) is 2.61. The molecule has 2 nitrogen and oxygen atoms in total. The molecule has 0 bridgehead atoms. The molecule has 0 heterocycles. The first kappa shape index (κ1) is 9.38. The second-order valence-electron chi connectivity index (χ2n) is 4.13. The van der Waals surface area contributed by atoms with Crippen molar-refractivity contribution in [1.29, 1.82) is 0 Å². The molecule has 0 radical (unpaired) electrons.